The number of benzene rings is 1. The zero-order chi connectivity index (χ0) is 13.9. The molecule has 6 heteroatoms. The van der Waals surface area contributed by atoms with Crippen LogP contribution < -0.4 is 5.73 Å². The molecule has 0 amide bonds. The Morgan fingerprint density at radius 2 is 2.29 bits per heavy atom. The summed E-state index contributed by atoms with van der Waals surface area (Å²) in [7, 11) is 0. The standard InChI is InChI=1S/C15H18FN3O.ClH/c16-13-3-1-2-12(6-13)15-18-14(10-20-15)9-19-5-4-11(7-17)8-19;/h1-3,6,10-11H,4-5,7-9,17H2;1H. The van der Waals surface area contributed by atoms with E-state index in [1.54, 1.807) is 18.4 Å². The van der Waals surface area contributed by atoms with E-state index in [1.807, 2.05) is 0 Å². The van der Waals surface area contributed by atoms with Crippen molar-refractivity contribution in [3.8, 4) is 11.5 Å². The zero-order valence-electron chi connectivity index (χ0n) is 11.7. The molecule has 1 aromatic carbocycles. The van der Waals surface area contributed by atoms with E-state index in [2.05, 4.69) is 9.88 Å². The molecule has 1 aliphatic heterocycles. The van der Waals surface area contributed by atoms with Gasteiger partial charge in [0.25, 0.3) is 0 Å². The van der Waals surface area contributed by atoms with Crippen molar-refractivity contribution >= 4 is 12.4 Å². The Morgan fingerprint density at radius 1 is 1.43 bits per heavy atom. The first kappa shape index (κ1) is 15.9. The molecule has 1 atom stereocenters. The summed E-state index contributed by atoms with van der Waals surface area (Å²) in [5, 5.41) is 0. The minimum atomic E-state index is -0.285. The largest absolute Gasteiger partial charge is 0.444 e. The Bertz CT molecular complexity index is 590. The Hall–Kier alpha value is -1.43. The van der Waals surface area contributed by atoms with Crippen LogP contribution in [-0.4, -0.2) is 29.5 Å². The molecule has 21 heavy (non-hydrogen) atoms. The van der Waals surface area contributed by atoms with Crippen molar-refractivity contribution in [2.45, 2.75) is 13.0 Å². The summed E-state index contributed by atoms with van der Waals surface area (Å²) >= 11 is 0. The van der Waals surface area contributed by atoms with Crippen LogP contribution >= 0.6 is 12.4 Å². The third-order valence-electron chi connectivity index (χ3n) is 3.71. The summed E-state index contributed by atoms with van der Waals surface area (Å²) in [6, 6.07) is 6.28. The molecule has 0 aliphatic carbocycles. The summed E-state index contributed by atoms with van der Waals surface area (Å²) < 4.78 is 18.6. The fraction of sp³-hybridized carbons (Fsp3) is 0.400. The topological polar surface area (TPSA) is 55.3 Å². The van der Waals surface area contributed by atoms with Gasteiger partial charge in [-0.15, -0.1) is 12.4 Å². The zero-order valence-corrected chi connectivity index (χ0v) is 12.5. The molecule has 1 fully saturated rings. The second kappa shape index (κ2) is 7.02. The van der Waals surface area contributed by atoms with Gasteiger partial charge in [-0.1, -0.05) is 6.07 Å². The maximum Gasteiger partial charge on any atom is 0.226 e. The van der Waals surface area contributed by atoms with Gasteiger partial charge in [-0.2, -0.15) is 0 Å². The minimum absolute atomic E-state index is 0. The van der Waals surface area contributed by atoms with Gasteiger partial charge >= 0.3 is 0 Å². The van der Waals surface area contributed by atoms with E-state index < -0.39 is 0 Å². The molecular formula is C15H19ClFN3O. The van der Waals surface area contributed by atoms with Crippen LogP contribution in [0, 0.1) is 11.7 Å². The molecule has 2 N–H and O–H groups in total. The van der Waals surface area contributed by atoms with E-state index in [0.29, 0.717) is 17.4 Å². The van der Waals surface area contributed by atoms with Gasteiger partial charge in [0.05, 0.1) is 5.69 Å². The van der Waals surface area contributed by atoms with Crippen molar-refractivity contribution in [2.24, 2.45) is 11.7 Å². The van der Waals surface area contributed by atoms with E-state index >= 15 is 0 Å². The number of oxazole rings is 1. The SMILES string of the molecule is Cl.NCC1CCN(Cc2coc(-c3cccc(F)c3)n2)C1. The molecule has 1 aliphatic rings. The minimum Gasteiger partial charge on any atom is -0.444 e. The van der Waals surface area contributed by atoms with Crippen molar-refractivity contribution in [3.05, 3.63) is 42.0 Å². The van der Waals surface area contributed by atoms with Crippen LogP contribution in [0.15, 0.2) is 34.9 Å². The van der Waals surface area contributed by atoms with E-state index in [9.17, 15) is 4.39 Å². The number of aromatic nitrogens is 1. The van der Waals surface area contributed by atoms with E-state index in [-0.39, 0.29) is 18.2 Å². The highest BCUT2D eigenvalue weighted by atomic mass is 35.5. The molecule has 0 bridgehead atoms. The van der Waals surface area contributed by atoms with Crippen molar-refractivity contribution in [2.75, 3.05) is 19.6 Å². The quantitative estimate of drug-likeness (QED) is 0.943. The van der Waals surface area contributed by atoms with Crippen LogP contribution in [0.4, 0.5) is 4.39 Å². The fourth-order valence-corrected chi connectivity index (χ4v) is 2.61. The molecule has 3 rings (SSSR count). The van der Waals surface area contributed by atoms with Crippen molar-refractivity contribution in [1.29, 1.82) is 0 Å². The maximum atomic E-state index is 13.2. The number of halogens is 2. The van der Waals surface area contributed by atoms with Crippen molar-refractivity contribution < 1.29 is 8.81 Å². The number of nitrogens with two attached hydrogens (primary N) is 1. The molecule has 4 nitrogen and oxygen atoms in total. The Morgan fingerprint density at radius 3 is 3.00 bits per heavy atom. The highest BCUT2D eigenvalue weighted by molar-refractivity contribution is 5.85. The predicted molar refractivity (Wildman–Crippen MR) is 81.6 cm³/mol. The molecule has 0 spiro atoms. The Balaban J connectivity index is 0.00000161. The Kier molecular flexibility index (Phi) is 5.33. The first-order valence-corrected chi connectivity index (χ1v) is 6.87. The van der Waals surface area contributed by atoms with Crippen LogP contribution in [0.25, 0.3) is 11.5 Å². The Labute approximate surface area is 129 Å². The number of hydrogen-bond donors (Lipinski definition) is 1. The normalized spacial score (nSPS) is 18.7. The third kappa shape index (κ3) is 3.81. The number of hydrogen-bond acceptors (Lipinski definition) is 4. The van der Waals surface area contributed by atoms with Gasteiger partial charge in [0, 0.05) is 18.7 Å². The number of likely N-dealkylation sites (tertiary alicyclic amines) is 1. The highest BCUT2D eigenvalue weighted by Gasteiger charge is 2.22. The average molecular weight is 312 g/mol. The summed E-state index contributed by atoms with van der Waals surface area (Å²) in [5.74, 6) is 0.770. The summed E-state index contributed by atoms with van der Waals surface area (Å²) in [4.78, 5) is 6.75. The monoisotopic (exact) mass is 311 g/mol. The smallest absolute Gasteiger partial charge is 0.226 e. The molecule has 1 unspecified atom stereocenters. The van der Waals surface area contributed by atoms with Crippen LogP contribution in [0.3, 0.4) is 0 Å². The molecular weight excluding hydrogens is 293 g/mol. The van der Waals surface area contributed by atoms with Gasteiger partial charge in [0.1, 0.15) is 12.1 Å². The second-order valence-electron chi connectivity index (χ2n) is 5.28. The van der Waals surface area contributed by atoms with Gasteiger partial charge in [0.15, 0.2) is 0 Å². The lowest BCUT2D eigenvalue weighted by molar-refractivity contribution is 0.313. The lowest BCUT2D eigenvalue weighted by atomic mass is 10.1. The van der Waals surface area contributed by atoms with Crippen LogP contribution in [0.1, 0.15) is 12.1 Å². The van der Waals surface area contributed by atoms with E-state index in [1.165, 1.54) is 12.1 Å². The van der Waals surface area contributed by atoms with Gasteiger partial charge in [-0.05, 0) is 43.6 Å². The van der Waals surface area contributed by atoms with Gasteiger partial charge in [-0.3, -0.25) is 4.90 Å². The number of nitrogens with zero attached hydrogens (tertiary/aromatic N) is 2. The summed E-state index contributed by atoms with van der Waals surface area (Å²) in [5.41, 5.74) is 7.23. The van der Waals surface area contributed by atoms with Crippen LogP contribution in [0.2, 0.25) is 0 Å². The number of rotatable bonds is 4. The lowest BCUT2D eigenvalue weighted by Crippen LogP contribution is -2.22. The van der Waals surface area contributed by atoms with Crippen LogP contribution in [0.5, 0.6) is 0 Å². The molecule has 114 valence electrons. The summed E-state index contributed by atoms with van der Waals surface area (Å²) in [6.45, 7) is 3.56. The van der Waals surface area contributed by atoms with Gasteiger partial charge < -0.3 is 10.2 Å². The van der Waals surface area contributed by atoms with Gasteiger partial charge in [-0.25, -0.2) is 9.37 Å². The first-order chi connectivity index (χ1) is 9.74. The fourth-order valence-electron chi connectivity index (χ4n) is 2.61. The van der Waals surface area contributed by atoms with E-state index in [4.69, 9.17) is 10.2 Å². The van der Waals surface area contributed by atoms with Crippen molar-refractivity contribution in [3.63, 3.8) is 0 Å². The van der Waals surface area contributed by atoms with Gasteiger partial charge in [0.2, 0.25) is 5.89 Å². The van der Waals surface area contributed by atoms with Crippen molar-refractivity contribution in [1.82, 2.24) is 9.88 Å². The first-order valence-electron chi connectivity index (χ1n) is 6.87. The van der Waals surface area contributed by atoms with E-state index in [0.717, 1.165) is 38.3 Å². The molecule has 0 radical (unpaired) electrons. The average Bonchev–Trinajstić information content (AvgIpc) is 3.08. The molecule has 2 heterocycles. The maximum absolute atomic E-state index is 13.2. The lowest BCUT2D eigenvalue weighted by Gasteiger charge is -2.13. The molecule has 1 aromatic heterocycles. The highest BCUT2D eigenvalue weighted by Crippen LogP contribution is 2.22. The molecule has 2 aromatic rings. The molecule has 1 saturated heterocycles. The van der Waals surface area contributed by atoms with Crippen LogP contribution in [-0.2, 0) is 6.54 Å². The predicted octanol–water partition coefficient (Wildman–Crippen LogP) is 2.68. The molecule has 0 saturated carbocycles. The summed E-state index contributed by atoms with van der Waals surface area (Å²) in [6.07, 6.45) is 2.79. The second-order valence-corrected chi connectivity index (χ2v) is 5.28. The third-order valence-corrected chi connectivity index (χ3v) is 3.71.